The Bertz CT molecular complexity index is 438. The number of hydrogen-bond donors (Lipinski definition) is 1. The van der Waals surface area contributed by atoms with Crippen LogP contribution in [-0.4, -0.2) is 40.9 Å². The molecule has 6 heteroatoms. The van der Waals surface area contributed by atoms with Crippen molar-refractivity contribution in [2.75, 3.05) is 18.9 Å². The summed E-state index contributed by atoms with van der Waals surface area (Å²) in [5.74, 6) is 1.82. The molecule has 0 saturated carbocycles. The maximum atomic E-state index is 12.1. The Morgan fingerprint density at radius 3 is 3.05 bits per heavy atom. The molecule has 0 aliphatic carbocycles. The molecule has 1 amide bonds. The Morgan fingerprint density at radius 1 is 1.63 bits per heavy atom. The summed E-state index contributed by atoms with van der Waals surface area (Å²) in [4.78, 5) is 15.2. The molecule has 1 fully saturated rings. The number of aliphatic hydroxyl groups excluding tert-OH is 1. The lowest BCUT2D eigenvalue weighted by Gasteiger charge is -2.25. The van der Waals surface area contributed by atoms with Crippen LogP contribution in [0.1, 0.15) is 18.2 Å². The first-order valence-corrected chi connectivity index (χ1v) is 8.69. The Morgan fingerprint density at radius 2 is 2.42 bits per heavy atom. The smallest absolute Gasteiger partial charge is 0.232 e. The van der Waals surface area contributed by atoms with Crippen molar-refractivity contribution in [3.63, 3.8) is 0 Å². The second-order valence-corrected chi connectivity index (χ2v) is 7.59. The standard InChI is InChI=1S/C13H18ClNO2S2/c1-9-4-5-15(11(9)6-16)13(17)8-18-7-10-2-3-12(14)19-10/h2-3,9,11,16H,4-8H2,1H3. The van der Waals surface area contributed by atoms with Gasteiger partial charge in [-0.25, -0.2) is 0 Å². The predicted octanol–water partition coefficient (Wildman–Crippen LogP) is 2.86. The molecule has 1 saturated heterocycles. The Labute approximate surface area is 126 Å². The van der Waals surface area contributed by atoms with Crippen molar-refractivity contribution in [1.82, 2.24) is 4.90 Å². The van der Waals surface area contributed by atoms with Crippen molar-refractivity contribution in [2.24, 2.45) is 5.92 Å². The highest BCUT2D eigenvalue weighted by Gasteiger charge is 2.33. The van der Waals surface area contributed by atoms with Crippen molar-refractivity contribution < 1.29 is 9.90 Å². The van der Waals surface area contributed by atoms with Gasteiger partial charge in [-0.3, -0.25) is 4.79 Å². The monoisotopic (exact) mass is 319 g/mol. The van der Waals surface area contributed by atoms with Crippen LogP contribution in [0.25, 0.3) is 0 Å². The van der Waals surface area contributed by atoms with Crippen LogP contribution in [0.3, 0.4) is 0 Å². The molecule has 19 heavy (non-hydrogen) atoms. The minimum atomic E-state index is 0.00397. The molecule has 2 heterocycles. The fraction of sp³-hybridized carbons (Fsp3) is 0.615. The van der Waals surface area contributed by atoms with E-state index in [0.29, 0.717) is 11.7 Å². The number of likely N-dealkylation sites (tertiary alicyclic amines) is 1. The third-order valence-corrected chi connectivity index (χ3v) is 5.87. The van der Waals surface area contributed by atoms with E-state index >= 15 is 0 Å². The molecule has 2 unspecified atom stereocenters. The number of aliphatic hydroxyl groups is 1. The zero-order chi connectivity index (χ0) is 13.8. The fourth-order valence-corrected chi connectivity index (χ4v) is 4.46. The molecule has 2 atom stereocenters. The number of nitrogens with zero attached hydrogens (tertiary/aromatic N) is 1. The predicted molar refractivity (Wildman–Crippen MR) is 81.9 cm³/mol. The molecule has 1 aromatic heterocycles. The summed E-state index contributed by atoms with van der Waals surface area (Å²) in [5, 5.41) is 9.35. The highest BCUT2D eigenvalue weighted by atomic mass is 35.5. The van der Waals surface area contributed by atoms with Crippen molar-refractivity contribution >= 4 is 40.6 Å². The molecule has 106 valence electrons. The number of thiophene rings is 1. The van der Waals surface area contributed by atoms with Crippen molar-refractivity contribution in [3.05, 3.63) is 21.3 Å². The molecule has 0 aromatic carbocycles. The zero-order valence-corrected chi connectivity index (χ0v) is 13.2. The van der Waals surface area contributed by atoms with Crippen molar-refractivity contribution in [2.45, 2.75) is 25.1 Å². The van der Waals surface area contributed by atoms with Crippen LogP contribution < -0.4 is 0 Å². The molecule has 1 aliphatic heterocycles. The van der Waals surface area contributed by atoms with Gasteiger partial charge in [0.15, 0.2) is 0 Å². The van der Waals surface area contributed by atoms with E-state index in [1.54, 1.807) is 23.1 Å². The van der Waals surface area contributed by atoms with Gasteiger partial charge in [0.25, 0.3) is 0 Å². The van der Waals surface area contributed by atoms with Crippen LogP contribution in [0.5, 0.6) is 0 Å². The summed E-state index contributed by atoms with van der Waals surface area (Å²) in [6.07, 6.45) is 0.988. The van der Waals surface area contributed by atoms with E-state index in [9.17, 15) is 9.90 Å². The highest BCUT2D eigenvalue weighted by Crippen LogP contribution is 2.27. The summed E-state index contributed by atoms with van der Waals surface area (Å²) < 4.78 is 0.788. The van der Waals surface area contributed by atoms with E-state index in [1.165, 1.54) is 4.88 Å². The van der Waals surface area contributed by atoms with Gasteiger partial charge in [-0.1, -0.05) is 18.5 Å². The Balaban J connectivity index is 1.78. The van der Waals surface area contributed by atoms with E-state index in [-0.39, 0.29) is 18.6 Å². The number of thioether (sulfide) groups is 1. The zero-order valence-electron chi connectivity index (χ0n) is 10.8. The van der Waals surface area contributed by atoms with E-state index in [0.717, 1.165) is 23.1 Å². The van der Waals surface area contributed by atoms with E-state index in [4.69, 9.17) is 11.6 Å². The van der Waals surface area contributed by atoms with Crippen LogP contribution in [0, 0.1) is 5.92 Å². The van der Waals surface area contributed by atoms with Crippen LogP contribution in [0.2, 0.25) is 4.34 Å². The summed E-state index contributed by atoms with van der Waals surface area (Å²) in [7, 11) is 0. The van der Waals surface area contributed by atoms with Gasteiger partial charge in [0.1, 0.15) is 0 Å². The van der Waals surface area contributed by atoms with Gasteiger partial charge in [0.05, 0.1) is 22.7 Å². The van der Waals surface area contributed by atoms with Gasteiger partial charge in [0, 0.05) is 17.2 Å². The molecule has 1 aliphatic rings. The first-order valence-electron chi connectivity index (χ1n) is 6.34. The third kappa shape index (κ3) is 3.88. The quantitative estimate of drug-likeness (QED) is 0.907. The fourth-order valence-electron chi connectivity index (χ4n) is 2.35. The van der Waals surface area contributed by atoms with Gasteiger partial charge in [-0.15, -0.1) is 23.1 Å². The van der Waals surface area contributed by atoms with Crippen molar-refractivity contribution in [3.8, 4) is 0 Å². The number of carbonyl (C=O) groups excluding carboxylic acids is 1. The molecule has 0 bridgehead atoms. The minimum absolute atomic E-state index is 0.00397. The Kier molecular flexibility index (Phi) is 5.57. The molecule has 3 nitrogen and oxygen atoms in total. The number of amides is 1. The van der Waals surface area contributed by atoms with Crippen LogP contribution in [-0.2, 0) is 10.5 Å². The van der Waals surface area contributed by atoms with E-state index < -0.39 is 0 Å². The number of carbonyl (C=O) groups is 1. The summed E-state index contributed by atoms with van der Waals surface area (Å²) in [6.45, 7) is 2.93. The second-order valence-electron chi connectivity index (χ2n) is 4.80. The first-order chi connectivity index (χ1) is 9.11. The lowest BCUT2D eigenvalue weighted by molar-refractivity contribution is -0.130. The first kappa shape index (κ1) is 15.2. The molecule has 1 aromatic rings. The average molecular weight is 320 g/mol. The van der Waals surface area contributed by atoms with E-state index in [2.05, 4.69) is 6.92 Å². The van der Waals surface area contributed by atoms with Crippen LogP contribution in [0.4, 0.5) is 0 Å². The molecule has 1 N–H and O–H groups in total. The van der Waals surface area contributed by atoms with Crippen LogP contribution >= 0.6 is 34.7 Å². The number of halogens is 1. The second kappa shape index (κ2) is 6.97. The SMILES string of the molecule is CC1CCN(C(=O)CSCc2ccc(Cl)s2)C1CO. The summed E-state index contributed by atoms with van der Waals surface area (Å²) in [5.41, 5.74) is 0. The lowest BCUT2D eigenvalue weighted by atomic mass is 10.0. The average Bonchev–Trinajstić information content (AvgIpc) is 2.95. The van der Waals surface area contributed by atoms with E-state index in [1.807, 2.05) is 17.0 Å². The molecule has 0 spiro atoms. The number of rotatable bonds is 5. The van der Waals surface area contributed by atoms with Crippen LogP contribution in [0.15, 0.2) is 12.1 Å². The van der Waals surface area contributed by atoms with Gasteiger partial charge in [-0.2, -0.15) is 0 Å². The number of hydrogen-bond acceptors (Lipinski definition) is 4. The molecule has 0 radical (unpaired) electrons. The topological polar surface area (TPSA) is 40.5 Å². The molecular weight excluding hydrogens is 302 g/mol. The molecular formula is C13H18ClNO2S2. The lowest BCUT2D eigenvalue weighted by Crippen LogP contribution is -2.40. The third-order valence-electron chi connectivity index (χ3n) is 3.49. The maximum absolute atomic E-state index is 12.1. The Hall–Kier alpha value is -0.230. The van der Waals surface area contributed by atoms with Gasteiger partial charge < -0.3 is 10.0 Å². The maximum Gasteiger partial charge on any atom is 0.232 e. The minimum Gasteiger partial charge on any atom is -0.394 e. The summed E-state index contributed by atoms with van der Waals surface area (Å²) >= 11 is 9.03. The van der Waals surface area contributed by atoms with Gasteiger partial charge in [-0.05, 0) is 24.5 Å². The van der Waals surface area contributed by atoms with Gasteiger partial charge >= 0.3 is 0 Å². The largest absolute Gasteiger partial charge is 0.394 e. The normalized spacial score (nSPS) is 23.0. The molecule has 2 rings (SSSR count). The summed E-state index contributed by atoms with van der Waals surface area (Å²) in [6, 6.07) is 3.89. The highest BCUT2D eigenvalue weighted by molar-refractivity contribution is 7.99. The van der Waals surface area contributed by atoms with Crippen molar-refractivity contribution in [1.29, 1.82) is 0 Å². The van der Waals surface area contributed by atoms with Gasteiger partial charge in [0.2, 0.25) is 5.91 Å².